The molecule has 0 saturated carbocycles. The van der Waals surface area contributed by atoms with E-state index in [0.29, 0.717) is 24.4 Å². The molecule has 0 spiro atoms. The predicted octanol–water partition coefficient (Wildman–Crippen LogP) is 4.43. The van der Waals surface area contributed by atoms with E-state index in [4.69, 9.17) is 11.6 Å². The fourth-order valence-corrected chi connectivity index (χ4v) is 5.58. The minimum Gasteiger partial charge on any atom is -0.380 e. The number of carbonyl (C=O) groups excluding carboxylic acids is 2. The molecule has 0 radical (unpaired) electrons. The number of aliphatic hydroxyl groups is 2. The van der Waals surface area contributed by atoms with E-state index >= 15 is 0 Å². The van der Waals surface area contributed by atoms with Crippen LogP contribution in [0.3, 0.4) is 0 Å². The van der Waals surface area contributed by atoms with E-state index in [2.05, 4.69) is 16.8 Å². The molecule has 0 aliphatic carbocycles. The number of rotatable bonds is 11. The van der Waals surface area contributed by atoms with Crippen LogP contribution < -0.4 is 5.32 Å². The number of thiophene rings is 1. The summed E-state index contributed by atoms with van der Waals surface area (Å²) in [6, 6.07) is 9.53. The molecule has 200 valence electrons. The Bertz CT molecular complexity index is 1130. The maximum Gasteiger partial charge on any atom is 0.254 e. The normalized spacial score (nSPS) is 18.7. The number of hydrogen-bond acceptors (Lipinski definition) is 5. The Balaban J connectivity index is 1.48. The molecule has 2 amide bonds. The third-order valence-electron chi connectivity index (χ3n) is 6.52. The molecule has 9 heteroatoms. The third-order valence-corrected chi connectivity index (χ3v) is 7.80. The van der Waals surface area contributed by atoms with Gasteiger partial charge in [0.25, 0.3) is 11.8 Å². The zero-order valence-corrected chi connectivity index (χ0v) is 22.6. The van der Waals surface area contributed by atoms with Gasteiger partial charge >= 0.3 is 0 Å². The number of likely N-dealkylation sites (tertiary alicyclic amines) is 1. The fourth-order valence-electron chi connectivity index (χ4n) is 4.48. The van der Waals surface area contributed by atoms with E-state index in [0.717, 1.165) is 28.8 Å². The van der Waals surface area contributed by atoms with Gasteiger partial charge in [0, 0.05) is 29.0 Å². The number of benzene rings is 1. The molecule has 1 fully saturated rings. The molecule has 2 heterocycles. The Morgan fingerprint density at radius 1 is 1.27 bits per heavy atom. The summed E-state index contributed by atoms with van der Waals surface area (Å²) in [4.78, 5) is 27.9. The summed E-state index contributed by atoms with van der Waals surface area (Å²) in [5.41, 5.74) is 2.26. The highest BCUT2D eigenvalue weighted by molar-refractivity contribution is 7.10. The smallest absolute Gasteiger partial charge is 0.254 e. The van der Waals surface area contributed by atoms with Crippen molar-refractivity contribution in [2.24, 2.45) is 5.92 Å². The van der Waals surface area contributed by atoms with E-state index in [1.807, 2.05) is 31.2 Å². The van der Waals surface area contributed by atoms with Crippen LogP contribution in [-0.2, 0) is 22.4 Å². The molecule has 2 aromatic rings. The second kappa shape index (κ2) is 13.9. The number of nitrogens with zero attached hydrogens (tertiary/aromatic N) is 1. The molecule has 6 nitrogen and oxygen atoms in total. The molecule has 1 saturated heterocycles. The van der Waals surface area contributed by atoms with Crippen LogP contribution in [0.15, 0.2) is 59.8 Å². The quantitative estimate of drug-likeness (QED) is 0.362. The molecule has 1 aromatic heterocycles. The Labute approximate surface area is 226 Å². The average molecular weight is 549 g/mol. The molecule has 1 aliphatic rings. The standard InChI is InChI=1S/C28H34ClFN2O4S/c1-3-22(30)10-9-18(2)24-8-5-13-32(24)28(36)26(34)25(33)27(35)31-12-11-23-16-20(17-37-23)14-19-6-4-7-21(29)15-19/h3-4,6-7,9-10,15-18,24-26,33-34H,5,8,11-14H2,1-2H3,(H,31,35)/b10-9-,22-3+. The first kappa shape index (κ1) is 29.0. The van der Waals surface area contributed by atoms with Crippen molar-refractivity contribution in [2.75, 3.05) is 13.1 Å². The summed E-state index contributed by atoms with van der Waals surface area (Å²) in [5, 5.41) is 26.2. The monoisotopic (exact) mass is 548 g/mol. The van der Waals surface area contributed by atoms with Crippen molar-refractivity contribution in [3.05, 3.63) is 80.8 Å². The van der Waals surface area contributed by atoms with Crippen molar-refractivity contribution in [1.82, 2.24) is 10.2 Å². The summed E-state index contributed by atoms with van der Waals surface area (Å²) in [6.45, 7) is 4.14. The van der Waals surface area contributed by atoms with Crippen LogP contribution in [0.25, 0.3) is 0 Å². The Hall–Kier alpha value is -2.52. The first-order valence-corrected chi connectivity index (χ1v) is 13.7. The lowest BCUT2D eigenvalue weighted by Gasteiger charge is -2.31. The van der Waals surface area contributed by atoms with Gasteiger partial charge in [-0.15, -0.1) is 11.3 Å². The highest BCUT2D eigenvalue weighted by atomic mass is 35.5. The Morgan fingerprint density at radius 2 is 2.05 bits per heavy atom. The minimum atomic E-state index is -1.87. The Morgan fingerprint density at radius 3 is 2.78 bits per heavy atom. The van der Waals surface area contributed by atoms with E-state index in [9.17, 15) is 24.2 Å². The van der Waals surface area contributed by atoms with Crippen molar-refractivity contribution in [3.8, 4) is 0 Å². The molecular weight excluding hydrogens is 515 g/mol. The zero-order chi connectivity index (χ0) is 26.9. The van der Waals surface area contributed by atoms with Crippen LogP contribution >= 0.6 is 22.9 Å². The van der Waals surface area contributed by atoms with Crippen molar-refractivity contribution in [3.63, 3.8) is 0 Å². The van der Waals surface area contributed by atoms with Crippen LogP contribution in [0.1, 0.15) is 42.7 Å². The van der Waals surface area contributed by atoms with Gasteiger partial charge in [-0.2, -0.15) is 0 Å². The SMILES string of the molecule is C/C=C(F)\C=C/C(C)C1CCCN1C(=O)C(O)C(O)C(=O)NCCc1cc(Cc2cccc(Cl)c2)cs1. The number of halogens is 2. The minimum absolute atomic E-state index is 0.148. The molecule has 0 bridgehead atoms. The molecule has 1 aromatic carbocycles. The van der Waals surface area contributed by atoms with E-state index < -0.39 is 24.0 Å². The van der Waals surface area contributed by atoms with Crippen molar-refractivity contribution in [1.29, 1.82) is 0 Å². The van der Waals surface area contributed by atoms with Crippen LogP contribution in [0.5, 0.6) is 0 Å². The predicted molar refractivity (Wildman–Crippen MR) is 145 cm³/mol. The number of nitrogens with one attached hydrogen (secondary N) is 1. The average Bonchev–Trinajstić information content (AvgIpc) is 3.55. The topological polar surface area (TPSA) is 89.9 Å². The van der Waals surface area contributed by atoms with Crippen molar-refractivity contribution in [2.45, 2.75) is 57.8 Å². The number of hydrogen-bond donors (Lipinski definition) is 3. The summed E-state index contributed by atoms with van der Waals surface area (Å²) in [5.74, 6) is -2.00. The van der Waals surface area contributed by atoms with E-state index in [1.165, 1.54) is 17.1 Å². The van der Waals surface area contributed by atoms with Gasteiger partial charge in [0.2, 0.25) is 0 Å². The molecular formula is C28H34ClFN2O4S. The van der Waals surface area contributed by atoms with Crippen LogP contribution in [-0.4, -0.2) is 58.3 Å². The van der Waals surface area contributed by atoms with E-state index in [1.54, 1.807) is 24.3 Å². The lowest BCUT2D eigenvalue weighted by atomic mass is 9.98. The molecule has 37 heavy (non-hydrogen) atoms. The summed E-state index contributed by atoms with van der Waals surface area (Å²) in [7, 11) is 0. The zero-order valence-electron chi connectivity index (χ0n) is 21.1. The van der Waals surface area contributed by atoms with Gasteiger partial charge in [-0.25, -0.2) is 4.39 Å². The van der Waals surface area contributed by atoms with Gasteiger partial charge in [-0.3, -0.25) is 9.59 Å². The van der Waals surface area contributed by atoms with Gasteiger partial charge in [0.15, 0.2) is 12.2 Å². The fraction of sp³-hybridized carbons (Fsp3) is 0.429. The van der Waals surface area contributed by atoms with Gasteiger partial charge < -0.3 is 20.4 Å². The number of allylic oxidation sites excluding steroid dienone is 3. The van der Waals surface area contributed by atoms with Gasteiger partial charge in [0.05, 0.1) is 0 Å². The number of carbonyl (C=O) groups is 2. The lowest BCUT2D eigenvalue weighted by molar-refractivity contribution is -0.154. The first-order valence-electron chi connectivity index (χ1n) is 12.4. The summed E-state index contributed by atoms with van der Waals surface area (Å²) in [6.07, 6.45) is 3.40. The van der Waals surface area contributed by atoms with Crippen molar-refractivity contribution < 1.29 is 24.2 Å². The molecule has 4 unspecified atom stereocenters. The number of amides is 2. The first-order chi connectivity index (χ1) is 17.7. The summed E-state index contributed by atoms with van der Waals surface area (Å²) >= 11 is 7.63. The molecule has 3 rings (SSSR count). The second-order valence-corrected chi connectivity index (χ2v) is 10.7. The lowest BCUT2D eigenvalue weighted by Crippen LogP contribution is -2.52. The summed E-state index contributed by atoms with van der Waals surface area (Å²) < 4.78 is 13.4. The molecule has 4 atom stereocenters. The van der Waals surface area contributed by atoms with E-state index in [-0.39, 0.29) is 24.3 Å². The molecule has 1 aliphatic heterocycles. The maximum absolute atomic E-state index is 13.4. The molecule has 3 N–H and O–H groups in total. The maximum atomic E-state index is 13.4. The van der Waals surface area contributed by atoms with Crippen LogP contribution in [0.2, 0.25) is 5.02 Å². The largest absolute Gasteiger partial charge is 0.380 e. The Kier molecular flexibility index (Phi) is 10.9. The van der Waals surface area contributed by atoms with Gasteiger partial charge in [-0.1, -0.05) is 42.8 Å². The van der Waals surface area contributed by atoms with Gasteiger partial charge in [-0.05, 0) is 79.3 Å². The highest BCUT2D eigenvalue weighted by Crippen LogP contribution is 2.26. The van der Waals surface area contributed by atoms with Crippen LogP contribution in [0, 0.1) is 5.92 Å². The third kappa shape index (κ3) is 8.23. The number of aliphatic hydroxyl groups excluding tert-OH is 2. The van der Waals surface area contributed by atoms with Crippen LogP contribution in [0.4, 0.5) is 4.39 Å². The van der Waals surface area contributed by atoms with Crippen molar-refractivity contribution >= 4 is 34.8 Å². The van der Waals surface area contributed by atoms with Gasteiger partial charge in [0.1, 0.15) is 5.83 Å². The highest BCUT2D eigenvalue weighted by Gasteiger charge is 2.39. The second-order valence-electron chi connectivity index (χ2n) is 9.29.